The molecule has 2 aromatic heterocycles. The lowest BCUT2D eigenvalue weighted by Crippen LogP contribution is -2.19. The van der Waals surface area contributed by atoms with E-state index in [4.69, 9.17) is 9.63 Å². The van der Waals surface area contributed by atoms with E-state index in [0.29, 0.717) is 34.1 Å². The highest BCUT2D eigenvalue weighted by Gasteiger charge is 2.19. The number of carboxylic acids is 1. The maximum Gasteiger partial charge on any atom is 0.305 e. The summed E-state index contributed by atoms with van der Waals surface area (Å²) in [5.74, 6) is -0.967. The minimum Gasteiger partial charge on any atom is -0.481 e. The Bertz CT molecular complexity index is 1160. The normalized spacial score (nSPS) is 13.4. The van der Waals surface area contributed by atoms with Gasteiger partial charge in [0.15, 0.2) is 0 Å². The molecule has 0 aliphatic rings. The summed E-state index contributed by atoms with van der Waals surface area (Å²) >= 11 is 0. The molecule has 0 bridgehead atoms. The average molecular weight is 471 g/mol. The number of aliphatic hydroxyl groups excluding tert-OH is 2. The number of aliphatic hydroxyl groups is 2. The minimum absolute atomic E-state index is 0.0476. The molecule has 2 heterocycles. The number of anilines is 2. The average Bonchev–Trinajstić information content (AvgIpc) is 3.16. The van der Waals surface area contributed by atoms with Gasteiger partial charge in [-0.3, -0.25) is 10.1 Å². The number of aromatic nitrogens is 3. The molecule has 1 aromatic carbocycles. The Balaban J connectivity index is 2.03. The second-order valence-corrected chi connectivity index (χ2v) is 8.23. The molecule has 0 unspecified atom stereocenters. The zero-order valence-electron chi connectivity index (χ0n) is 19.1. The lowest BCUT2D eigenvalue weighted by Gasteiger charge is -2.16. The number of benzene rings is 1. The molecule has 0 saturated carbocycles. The molecule has 3 aromatic rings. The molecule has 180 valence electrons. The van der Waals surface area contributed by atoms with Crippen LogP contribution in [-0.2, 0) is 4.79 Å². The first-order valence-corrected chi connectivity index (χ1v) is 10.8. The first-order valence-electron chi connectivity index (χ1n) is 10.8. The standard InChI is InChI=1S/C24H27FN4O5/c1-13(2)22-19(9-8-17(30)11-18(31)12-21(32)33)23(15-4-6-16(25)7-5-15)28-24(27-22)26-20-10-14(3)29-34-20/h4-10,13,17-18,30-31H,11-12H2,1-3H3,(H,32,33)(H,26,27,28)/t17-,18-/m1/s1. The van der Waals surface area contributed by atoms with Crippen LogP contribution in [0, 0.1) is 12.7 Å². The van der Waals surface area contributed by atoms with E-state index in [-0.39, 0.29) is 18.3 Å². The Hall–Kier alpha value is -3.63. The van der Waals surface area contributed by atoms with Gasteiger partial charge in [-0.15, -0.1) is 0 Å². The Morgan fingerprint density at radius 1 is 1.21 bits per heavy atom. The molecule has 0 fully saturated rings. The van der Waals surface area contributed by atoms with E-state index in [1.54, 1.807) is 31.2 Å². The second kappa shape index (κ2) is 11.0. The van der Waals surface area contributed by atoms with E-state index in [2.05, 4.69) is 20.4 Å². The largest absolute Gasteiger partial charge is 0.481 e. The van der Waals surface area contributed by atoms with Gasteiger partial charge in [0.1, 0.15) is 5.82 Å². The fourth-order valence-electron chi connectivity index (χ4n) is 3.36. The van der Waals surface area contributed by atoms with E-state index >= 15 is 0 Å². The summed E-state index contributed by atoms with van der Waals surface area (Å²) in [5.41, 5.74) is 3.06. The lowest BCUT2D eigenvalue weighted by atomic mass is 9.97. The number of hydrogen-bond donors (Lipinski definition) is 4. The Morgan fingerprint density at radius 2 is 1.91 bits per heavy atom. The van der Waals surface area contributed by atoms with Crippen LogP contribution in [0.25, 0.3) is 17.3 Å². The van der Waals surface area contributed by atoms with Gasteiger partial charge in [0, 0.05) is 23.6 Å². The third kappa shape index (κ3) is 6.69. The van der Waals surface area contributed by atoms with Gasteiger partial charge in [-0.1, -0.05) is 31.2 Å². The number of hydrogen-bond acceptors (Lipinski definition) is 8. The maximum atomic E-state index is 13.6. The van der Waals surface area contributed by atoms with Gasteiger partial charge in [-0.2, -0.15) is 0 Å². The summed E-state index contributed by atoms with van der Waals surface area (Å²) < 4.78 is 18.8. The van der Waals surface area contributed by atoms with E-state index in [1.807, 2.05) is 13.8 Å². The SMILES string of the molecule is Cc1cc(Nc2nc(-c3ccc(F)cc3)c(C=C[C@@H](O)C[C@@H](O)CC(=O)O)c(C(C)C)n2)on1. The summed E-state index contributed by atoms with van der Waals surface area (Å²) in [6.45, 7) is 5.68. The van der Waals surface area contributed by atoms with Crippen molar-refractivity contribution in [3.05, 3.63) is 59.2 Å². The van der Waals surface area contributed by atoms with Crippen molar-refractivity contribution in [3.8, 4) is 11.3 Å². The van der Waals surface area contributed by atoms with Gasteiger partial charge in [0.2, 0.25) is 11.8 Å². The van der Waals surface area contributed by atoms with Crippen LogP contribution in [0.5, 0.6) is 0 Å². The summed E-state index contributed by atoms with van der Waals surface area (Å²) in [4.78, 5) is 20.0. The zero-order chi connectivity index (χ0) is 24.8. The topological polar surface area (TPSA) is 142 Å². The molecule has 4 N–H and O–H groups in total. The highest BCUT2D eigenvalue weighted by Crippen LogP contribution is 2.31. The first kappa shape index (κ1) is 25.0. The Morgan fingerprint density at radius 3 is 2.50 bits per heavy atom. The summed E-state index contributed by atoms with van der Waals surface area (Å²) in [7, 11) is 0. The van der Waals surface area contributed by atoms with Crippen LogP contribution in [0.15, 0.2) is 40.9 Å². The van der Waals surface area contributed by atoms with E-state index in [1.165, 1.54) is 18.2 Å². The van der Waals surface area contributed by atoms with E-state index in [9.17, 15) is 19.4 Å². The van der Waals surface area contributed by atoms with Crippen LogP contribution in [0.4, 0.5) is 16.2 Å². The number of nitrogens with one attached hydrogen (secondary N) is 1. The molecule has 0 aliphatic heterocycles. The number of rotatable bonds is 10. The smallest absolute Gasteiger partial charge is 0.305 e. The maximum absolute atomic E-state index is 13.6. The highest BCUT2D eigenvalue weighted by molar-refractivity contribution is 5.75. The van der Waals surface area contributed by atoms with Crippen LogP contribution in [0.3, 0.4) is 0 Å². The number of halogens is 1. The van der Waals surface area contributed by atoms with Gasteiger partial charge in [0.25, 0.3) is 0 Å². The van der Waals surface area contributed by atoms with Crippen LogP contribution < -0.4 is 5.32 Å². The van der Waals surface area contributed by atoms with Crippen LogP contribution in [0.1, 0.15) is 49.6 Å². The van der Waals surface area contributed by atoms with Crippen molar-refractivity contribution in [3.63, 3.8) is 0 Å². The van der Waals surface area contributed by atoms with Crippen molar-refractivity contribution >= 4 is 23.9 Å². The monoisotopic (exact) mass is 470 g/mol. The predicted molar refractivity (Wildman–Crippen MR) is 124 cm³/mol. The first-order chi connectivity index (χ1) is 16.1. The van der Waals surface area contributed by atoms with Crippen molar-refractivity contribution in [1.29, 1.82) is 0 Å². The molecule has 0 amide bonds. The number of carbonyl (C=O) groups is 1. The van der Waals surface area contributed by atoms with Crippen LogP contribution in [0.2, 0.25) is 0 Å². The van der Waals surface area contributed by atoms with Gasteiger partial charge in [0.05, 0.1) is 35.7 Å². The molecular formula is C24H27FN4O5. The molecule has 9 nitrogen and oxygen atoms in total. The summed E-state index contributed by atoms with van der Waals surface area (Å²) in [6.07, 6.45) is 0.200. The molecule has 0 radical (unpaired) electrons. The van der Waals surface area contributed by atoms with Crippen LogP contribution in [-0.4, -0.2) is 48.6 Å². The van der Waals surface area contributed by atoms with Gasteiger partial charge in [-0.25, -0.2) is 14.4 Å². The van der Waals surface area contributed by atoms with E-state index < -0.39 is 30.4 Å². The van der Waals surface area contributed by atoms with Crippen molar-refractivity contribution in [1.82, 2.24) is 15.1 Å². The third-order valence-corrected chi connectivity index (χ3v) is 4.91. The number of aliphatic carboxylic acids is 1. The molecule has 0 saturated heterocycles. The second-order valence-electron chi connectivity index (χ2n) is 8.23. The fourth-order valence-corrected chi connectivity index (χ4v) is 3.36. The summed E-state index contributed by atoms with van der Waals surface area (Å²) in [6, 6.07) is 7.53. The third-order valence-electron chi connectivity index (χ3n) is 4.91. The molecule has 3 rings (SSSR count). The fraction of sp³-hybridized carbons (Fsp3) is 0.333. The molecule has 34 heavy (non-hydrogen) atoms. The molecule has 0 aliphatic carbocycles. The lowest BCUT2D eigenvalue weighted by molar-refractivity contribution is -0.139. The summed E-state index contributed by atoms with van der Waals surface area (Å²) in [5, 5.41) is 35.7. The Kier molecular flexibility index (Phi) is 8.08. The van der Waals surface area contributed by atoms with Crippen molar-refractivity contribution in [2.75, 3.05) is 5.32 Å². The Labute approximate surface area is 196 Å². The number of aryl methyl sites for hydroxylation is 1. The highest BCUT2D eigenvalue weighted by atomic mass is 19.1. The van der Waals surface area contributed by atoms with Crippen molar-refractivity contribution in [2.24, 2.45) is 0 Å². The zero-order valence-corrected chi connectivity index (χ0v) is 19.1. The van der Waals surface area contributed by atoms with E-state index in [0.717, 1.165) is 0 Å². The van der Waals surface area contributed by atoms with Gasteiger partial charge < -0.3 is 19.8 Å². The minimum atomic E-state index is -1.19. The number of carboxylic acid groups (broad SMARTS) is 1. The number of nitrogens with zero attached hydrogens (tertiary/aromatic N) is 3. The molecule has 10 heteroatoms. The van der Waals surface area contributed by atoms with Crippen LogP contribution >= 0.6 is 0 Å². The van der Waals surface area contributed by atoms with Gasteiger partial charge >= 0.3 is 5.97 Å². The molecule has 0 spiro atoms. The van der Waals surface area contributed by atoms with Gasteiger partial charge in [-0.05, 0) is 37.1 Å². The molecule has 2 atom stereocenters. The predicted octanol–water partition coefficient (Wildman–Crippen LogP) is 4.05. The van der Waals surface area contributed by atoms with Crippen molar-refractivity contribution < 1.29 is 29.0 Å². The molecular weight excluding hydrogens is 443 g/mol. The quantitative estimate of drug-likeness (QED) is 0.345. The van der Waals surface area contributed by atoms with Crippen molar-refractivity contribution in [2.45, 2.75) is 51.7 Å².